The van der Waals surface area contributed by atoms with Gasteiger partial charge in [0.25, 0.3) is 20.0 Å². The summed E-state index contributed by atoms with van der Waals surface area (Å²) in [5.74, 6) is -0.797. The molecule has 4 amide bonds. The molecule has 2 heterocycles. The third-order valence-corrected chi connectivity index (χ3v) is 13.6. The Morgan fingerprint density at radius 2 is 1.43 bits per heavy atom. The van der Waals surface area contributed by atoms with Gasteiger partial charge in [-0.3, -0.25) is 9.36 Å². The number of sulfonamides is 2. The van der Waals surface area contributed by atoms with Crippen molar-refractivity contribution in [2.24, 2.45) is 14.1 Å². The molecule has 19 heteroatoms. The highest BCUT2D eigenvalue weighted by atomic mass is 32.2. The predicted molar refractivity (Wildman–Crippen MR) is 230 cm³/mol. The van der Waals surface area contributed by atoms with Crippen molar-refractivity contribution < 1.29 is 30.8 Å². The topological polar surface area (TPSA) is 201 Å². The quantitative estimate of drug-likeness (QED) is 0.101. The van der Waals surface area contributed by atoms with Crippen LogP contribution in [0.15, 0.2) is 64.6 Å². The molecule has 0 fully saturated rings. The van der Waals surface area contributed by atoms with Crippen LogP contribution in [-0.4, -0.2) is 74.5 Å². The SMILES string of the molecule is CNCc1cc(S(=O)(=O)NC(=O)Nc2c3c(cc4c2CCC4c2ccc(-c4cc(F)cc(C(C)C)c4NC(=O)NS(=O)(=O)c4cc(CN(C)C)n(C)n4)cc2)CCC3)nn1C. The second kappa shape index (κ2) is 17.0. The monoisotopic (exact) mass is 874 g/mol. The molecule has 0 spiro atoms. The molecule has 0 saturated carbocycles. The molecule has 0 bridgehead atoms. The summed E-state index contributed by atoms with van der Waals surface area (Å²) in [6.07, 6.45) is 3.87. The molecule has 1 atom stereocenters. The fourth-order valence-corrected chi connectivity index (χ4v) is 10.2. The van der Waals surface area contributed by atoms with Crippen molar-refractivity contribution >= 4 is 43.5 Å². The summed E-state index contributed by atoms with van der Waals surface area (Å²) in [4.78, 5) is 28.6. The molecule has 61 heavy (non-hydrogen) atoms. The second-order valence-corrected chi connectivity index (χ2v) is 19.4. The van der Waals surface area contributed by atoms with Gasteiger partial charge in [0.2, 0.25) is 0 Å². The maximum Gasteiger partial charge on any atom is 0.333 e. The summed E-state index contributed by atoms with van der Waals surface area (Å²) in [5, 5.41) is 16.2. The minimum Gasteiger partial charge on any atom is -0.314 e. The number of hydrogen-bond donors (Lipinski definition) is 5. The number of amides is 4. The molecule has 0 radical (unpaired) electrons. The molecule has 2 aliphatic carbocycles. The number of rotatable bonds is 13. The number of hydrogen-bond acceptors (Lipinski definition) is 10. The average molecular weight is 875 g/mol. The highest BCUT2D eigenvalue weighted by Crippen LogP contribution is 2.46. The largest absolute Gasteiger partial charge is 0.333 e. The van der Waals surface area contributed by atoms with Crippen LogP contribution in [0, 0.1) is 5.82 Å². The first kappa shape index (κ1) is 43.5. The molecule has 3 aromatic carbocycles. The molecule has 16 nitrogen and oxygen atoms in total. The lowest BCUT2D eigenvalue weighted by molar-refractivity contribution is 0.255. The second-order valence-electron chi connectivity index (χ2n) is 16.2. The minimum absolute atomic E-state index is 0.0430. The zero-order valence-electron chi connectivity index (χ0n) is 35.2. The van der Waals surface area contributed by atoms with Crippen molar-refractivity contribution in [3.05, 3.63) is 105 Å². The first-order chi connectivity index (χ1) is 28.8. The number of nitrogens with zero attached hydrogens (tertiary/aromatic N) is 5. The van der Waals surface area contributed by atoms with Crippen molar-refractivity contribution in [3.8, 4) is 11.1 Å². The number of nitrogens with one attached hydrogen (secondary N) is 5. The average Bonchev–Trinajstić information content (AvgIpc) is 3.99. The number of carbonyl (C=O) groups excluding carboxylic acids is 2. The first-order valence-electron chi connectivity index (χ1n) is 20.0. The Balaban J connectivity index is 1.13. The number of aromatic nitrogens is 4. The standard InChI is InChI=1S/C42H51FN10O6S2/c1-24(2)34-18-28(43)19-35(40(34)46-42(55)50-61(58,59)38-21-30(23-51(4)5)53(7)48-38)26-13-11-25(12-14-26)31-15-16-33-36(31)17-27-9-8-10-32(27)39(33)45-41(54)49-60(56,57)37-20-29(22-44-3)52(6)47-37/h11-14,17-21,24,31,44H,8-10,15-16,22-23H2,1-7H3,(H2,45,49,54)(H2,46,50,55). The molecule has 5 N–H and O–H groups in total. The van der Waals surface area contributed by atoms with Crippen molar-refractivity contribution in [1.29, 1.82) is 0 Å². The zero-order valence-corrected chi connectivity index (χ0v) is 36.8. The normalized spacial score (nSPS) is 15.0. The van der Waals surface area contributed by atoms with Crippen molar-refractivity contribution in [2.75, 3.05) is 31.8 Å². The summed E-state index contributed by atoms with van der Waals surface area (Å²) < 4.78 is 75.2. The van der Waals surface area contributed by atoms with E-state index in [4.69, 9.17) is 0 Å². The van der Waals surface area contributed by atoms with Crippen LogP contribution in [0.5, 0.6) is 0 Å². The van der Waals surface area contributed by atoms with Gasteiger partial charge < -0.3 is 20.9 Å². The number of carbonyl (C=O) groups is 2. The van der Waals surface area contributed by atoms with E-state index in [9.17, 15) is 26.4 Å². The van der Waals surface area contributed by atoms with E-state index < -0.39 is 37.9 Å². The highest BCUT2D eigenvalue weighted by Gasteiger charge is 2.33. The zero-order chi connectivity index (χ0) is 44.0. The van der Waals surface area contributed by atoms with Gasteiger partial charge in [-0.1, -0.05) is 44.2 Å². The van der Waals surface area contributed by atoms with Crippen LogP contribution in [0.25, 0.3) is 11.1 Å². The van der Waals surface area contributed by atoms with Crippen LogP contribution in [0.2, 0.25) is 0 Å². The van der Waals surface area contributed by atoms with Crippen LogP contribution in [-0.2, 0) is 66.5 Å². The maximum absolute atomic E-state index is 15.3. The van der Waals surface area contributed by atoms with E-state index in [-0.39, 0.29) is 27.6 Å². The van der Waals surface area contributed by atoms with Gasteiger partial charge in [-0.15, -0.1) is 0 Å². The predicted octanol–water partition coefficient (Wildman–Crippen LogP) is 5.45. The van der Waals surface area contributed by atoms with Crippen molar-refractivity contribution in [2.45, 2.75) is 80.9 Å². The summed E-state index contributed by atoms with van der Waals surface area (Å²) in [7, 11) is 0.0680. The molecule has 324 valence electrons. The van der Waals surface area contributed by atoms with Crippen molar-refractivity contribution in [3.63, 3.8) is 0 Å². The Bertz CT molecular complexity index is 2750. The van der Waals surface area contributed by atoms with Gasteiger partial charge in [-0.25, -0.2) is 23.4 Å². The molecule has 2 aliphatic rings. The van der Waals surface area contributed by atoms with Gasteiger partial charge in [0, 0.05) is 56.5 Å². The van der Waals surface area contributed by atoms with E-state index >= 15 is 4.39 Å². The summed E-state index contributed by atoms with van der Waals surface area (Å²) in [6.45, 7) is 4.54. The number of halogens is 1. The number of anilines is 2. The minimum atomic E-state index is -4.36. The van der Waals surface area contributed by atoms with Crippen LogP contribution in [0.4, 0.5) is 25.4 Å². The Kier molecular flexibility index (Phi) is 12.1. The van der Waals surface area contributed by atoms with E-state index in [2.05, 4.69) is 41.7 Å². The van der Waals surface area contributed by atoms with E-state index in [1.165, 1.54) is 33.6 Å². The summed E-state index contributed by atoms with van der Waals surface area (Å²) in [6, 6.07) is 13.4. The lowest BCUT2D eigenvalue weighted by Crippen LogP contribution is -2.35. The molecule has 2 aromatic heterocycles. The van der Waals surface area contributed by atoms with Gasteiger partial charge in [-0.2, -0.15) is 27.0 Å². The summed E-state index contributed by atoms with van der Waals surface area (Å²) >= 11 is 0. The lowest BCUT2D eigenvalue weighted by Gasteiger charge is -2.20. The van der Waals surface area contributed by atoms with Crippen LogP contribution in [0.1, 0.15) is 83.3 Å². The Hall–Kier alpha value is -5.63. The summed E-state index contributed by atoms with van der Waals surface area (Å²) in [5.41, 5.74) is 8.73. The van der Waals surface area contributed by atoms with Crippen LogP contribution in [0.3, 0.4) is 0 Å². The van der Waals surface area contributed by atoms with Gasteiger partial charge in [0.1, 0.15) is 5.82 Å². The van der Waals surface area contributed by atoms with E-state index in [0.29, 0.717) is 53.3 Å². The van der Waals surface area contributed by atoms with Gasteiger partial charge in [0.15, 0.2) is 10.1 Å². The van der Waals surface area contributed by atoms with Gasteiger partial charge in [-0.05, 0) is 110 Å². The number of aryl methyl sites for hydroxylation is 3. The van der Waals surface area contributed by atoms with E-state index in [1.54, 1.807) is 21.1 Å². The van der Waals surface area contributed by atoms with Gasteiger partial charge >= 0.3 is 12.1 Å². The Morgan fingerprint density at radius 3 is 2.03 bits per heavy atom. The molecule has 0 saturated heterocycles. The number of benzene rings is 3. The lowest BCUT2D eigenvalue weighted by atomic mass is 9.88. The fraction of sp³-hybridized carbons (Fsp3) is 0.381. The molecule has 0 aliphatic heterocycles. The Labute approximate surface area is 355 Å². The number of urea groups is 2. The number of fused-ring (bicyclic) bond motifs is 2. The molecular weight excluding hydrogens is 824 g/mol. The molecular formula is C42H51FN10O6S2. The maximum atomic E-state index is 15.3. The van der Waals surface area contributed by atoms with E-state index in [1.807, 2.05) is 57.1 Å². The van der Waals surface area contributed by atoms with Crippen LogP contribution < -0.4 is 25.4 Å². The van der Waals surface area contributed by atoms with Crippen LogP contribution >= 0.6 is 0 Å². The third-order valence-electron chi connectivity index (χ3n) is 11.2. The van der Waals surface area contributed by atoms with Crippen molar-refractivity contribution in [1.82, 2.24) is 39.2 Å². The molecule has 5 aromatic rings. The molecule has 1 unspecified atom stereocenters. The first-order valence-corrected chi connectivity index (χ1v) is 23.0. The molecule has 7 rings (SSSR count). The Morgan fingerprint density at radius 1 is 0.820 bits per heavy atom. The smallest absolute Gasteiger partial charge is 0.314 e. The third kappa shape index (κ3) is 9.05. The van der Waals surface area contributed by atoms with Gasteiger partial charge in [0.05, 0.1) is 17.1 Å². The fourth-order valence-electron chi connectivity index (χ4n) is 8.34. The van der Waals surface area contributed by atoms with E-state index in [0.717, 1.165) is 53.5 Å². The highest BCUT2D eigenvalue weighted by molar-refractivity contribution is 7.90.